The fraction of sp³-hybridized carbons (Fsp3) is 1.00. The summed E-state index contributed by atoms with van der Waals surface area (Å²) in [6.45, 7) is 2.08. The molecule has 2 heteroatoms. The number of halogens is 1. The minimum Gasteiger partial charge on any atom is -0.360 e. The van der Waals surface area contributed by atoms with Crippen LogP contribution in [-0.4, -0.2) is 11.7 Å². The molecular formula is C5H9ClO. The van der Waals surface area contributed by atoms with Crippen molar-refractivity contribution in [3.05, 3.63) is 0 Å². The van der Waals surface area contributed by atoms with Crippen LogP contribution in [0.1, 0.15) is 19.8 Å². The second-order valence-corrected chi connectivity index (χ2v) is 2.42. The topological polar surface area (TPSA) is 9.23 Å². The van der Waals surface area contributed by atoms with Crippen LogP contribution in [0.25, 0.3) is 0 Å². The van der Waals surface area contributed by atoms with Crippen LogP contribution in [0.15, 0.2) is 0 Å². The lowest BCUT2D eigenvalue weighted by atomic mass is 10.4. The van der Waals surface area contributed by atoms with Gasteiger partial charge in [0.15, 0.2) is 0 Å². The first kappa shape index (κ1) is 5.39. The van der Waals surface area contributed by atoms with Gasteiger partial charge in [-0.05, 0) is 19.8 Å². The van der Waals surface area contributed by atoms with Crippen LogP contribution >= 0.6 is 11.6 Å². The number of alkyl halides is 1. The molecule has 1 aliphatic rings. The van der Waals surface area contributed by atoms with E-state index >= 15 is 0 Å². The first-order valence-corrected chi connectivity index (χ1v) is 3.00. The zero-order valence-electron chi connectivity index (χ0n) is 4.41. The molecule has 0 aliphatic heterocycles. The van der Waals surface area contributed by atoms with Gasteiger partial charge in [0.2, 0.25) is 0 Å². The highest BCUT2D eigenvalue weighted by Crippen LogP contribution is 2.38. The predicted molar refractivity (Wildman–Crippen MR) is 29.4 cm³/mol. The van der Waals surface area contributed by atoms with Crippen molar-refractivity contribution in [2.45, 2.75) is 25.4 Å². The van der Waals surface area contributed by atoms with Gasteiger partial charge in [0.25, 0.3) is 0 Å². The molecule has 1 nitrogen and oxygen atoms in total. The van der Waals surface area contributed by atoms with Crippen LogP contribution in [-0.2, 0) is 4.74 Å². The standard InChI is InChI=1S/C5H9ClO/c1-5(2-3-5)7-4-6/h2-4H2,1H3. The summed E-state index contributed by atoms with van der Waals surface area (Å²) in [6, 6.07) is 0.344. The van der Waals surface area contributed by atoms with E-state index in [9.17, 15) is 0 Å². The maximum Gasteiger partial charge on any atom is 0.121 e. The molecule has 0 spiro atoms. The Morgan fingerprint density at radius 1 is 1.71 bits per heavy atom. The summed E-state index contributed by atoms with van der Waals surface area (Å²) in [4.78, 5) is 0. The van der Waals surface area contributed by atoms with Gasteiger partial charge >= 0.3 is 0 Å². The lowest BCUT2D eigenvalue weighted by Gasteiger charge is -2.03. The molecule has 0 saturated heterocycles. The molecule has 0 heterocycles. The van der Waals surface area contributed by atoms with Crippen molar-refractivity contribution in [1.82, 2.24) is 0 Å². The van der Waals surface area contributed by atoms with Crippen molar-refractivity contribution in [2.24, 2.45) is 0 Å². The van der Waals surface area contributed by atoms with Crippen molar-refractivity contribution in [3.63, 3.8) is 0 Å². The average Bonchev–Trinajstić information content (AvgIpc) is 2.22. The molecule has 0 unspecified atom stereocenters. The summed E-state index contributed by atoms with van der Waals surface area (Å²) in [6.07, 6.45) is 2.36. The van der Waals surface area contributed by atoms with Crippen LogP contribution in [0.3, 0.4) is 0 Å². The normalized spacial score (nSPS) is 24.9. The van der Waals surface area contributed by atoms with E-state index < -0.39 is 0 Å². The third-order valence-electron chi connectivity index (χ3n) is 1.36. The fourth-order valence-electron chi connectivity index (χ4n) is 0.452. The van der Waals surface area contributed by atoms with E-state index in [-0.39, 0.29) is 5.60 Å². The molecule has 0 radical (unpaired) electrons. The molecule has 0 atom stereocenters. The largest absolute Gasteiger partial charge is 0.360 e. The van der Waals surface area contributed by atoms with Gasteiger partial charge in [-0.15, -0.1) is 0 Å². The lowest BCUT2D eigenvalue weighted by molar-refractivity contribution is 0.0811. The maximum atomic E-state index is 5.30. The zero-order valence-corrected chi connectivity index (χ0v) is 5.16. The molecule has 1 fully saturated rings. The van der Waals surface area contributed by atoms with Crippen molar-refractivity contribution >= 4 is 11.6 Å². The van der Waals surface area contributed by atoms with Crippen LogP contribution in [0.4, 0.5) is 0 Å². The predicted octanol–water partition coefficient (Wildman–Crippen LogP) is 1.75. The van der Waals surface area contributed by atoms with Crippen molar-refractivity contribution in [1.29, 1.82) is 0 Å². The monoisotopic (exact) mass is 120 g/mol. The summed E-state index contributed by atoms with van der Waals surface area (Å²) >= 11 is 5.30. The highest BCUT2D eigenvalue weighted by atomic mass is 35.5. The average molecular weight is 121 g/mol. The summed E-state index contributed by atoms with van der Waals surface area (Å²) in [5.41, 5.74) is 0.168. The molecule has 0 aromatic rings. The summed E-state index contributed by atoms with van der Waals surface area (Å²) in [5.74, 6) is 0. The van der Waals surface area contributed by atoms with Gasteiger partial charge in [0, 0.05) is 0 Å². The smallest absolute Gasteiger partial charge is 0.121 e. The Hall–Kier alpha value is 0.250. The molecule has 0 N–H and O–H groups in total. The summed E-state index contributed by atoms with van der Waals surface area (Å²) in [5, 5.41) is 0. The number of hydrogen-bond acceptors (Lipinski definition) is 1. The van der Waals surface area contributed by atoms with Crippen LogP contribution in [0.5, 0.6) is 0 Å². The Balaban J connectivity index is 2.13. The van der Waals surface area contributed by atoms with E-state index in [0.29, 0.717) is 6.07 Å². The van der Waals surface area contributed by atoms with Crippen LogP contribution in [0, 0.1) is 0 Å². The van der Waals surface area contributed by atoms with Gasteiger partial charge < -0.3 is 4.74 Å². The first-order chi connectivity index (χ1) is 3.27. The van der Waals surface area contributed by atoms with Gasteiger partial charge in [-0.3, -0.25) is 0 Å². The number of ether oxygens (including phenoxy) is 1. The van der Waals surface area contributed by atoms with Crippen LogP contribution in [0.2, 0.25) is 0 Å². The Morgan fingerprint density at radius 2 is 2.29 bits per heavy atom. The van der Waals surface area contributed by atoms with Gasteiger partial charge in [-0.1, -0.05) is 11.6 Å². The number of rotatable bonds is 2. The third-order valence-corrected chi connectivity index (χ3v) is 1.47. The molecular weight excluding hydrogens is 112 g/mol. The van der Waals surface area contributed by atoms with Crippen LogP contribution < -0.4 is 0 Å². The lowest BCUT2D eigenvalue weighted by Crippen LogP contribution is -2.05. The minimum atomic E-state index is 0.168. The third kappa shape index (κ3) is 1.32. The molecule has 42 valence electrons. The Labute approximate surface area is 48.6 Å². The second kappa shape index (κ2) is 1.64. The summed E-state index contributed by atoms with van der Waals surface area (Å²) in [7, 11) is 0. The Bertz CT molecular complexity index is 68.5. The molecule has 7 heavy (non-hydrogen) atoms. The van der Waals surface area contributed by atoms with Gasteiger partial charge in [-0.25, -0.2) is 0 Å². The Morgan fingerprint density at radius 3 is 2.43 bits per heavy atom. The van der Waals surface area contributed by atoms with E-state index in [1.165, 1.54) is 12.8 Å². The number of hydrogen-bond donors (Lipinski definition) is 0. The van der Waals surface area contributed by atoms with Crippen molar-refractivity contribution in [3.8, 4) is 0 Å². The molecule has 0 amide bonds. The van der Waals surface area contributed by atoms with Gasteiger partial charge in [-0.2, -0.15) is 0 Å². The van der Waals surface area contributed by atoms with E-state index in [2.05, 4.69) is 6.92 Å². The van der Waals surface area contributed by atoms with Gasteiger partial charge in [0.1, 0.15) is 6.07 Å². The fourth-order valence-corrected chi connectivity index (χ4v) is 0.715. The molecule has 1 aliphatic carbocycles. The first-order valence-electron chi connectivity index (χ1n) is 2.47. The van der Waals surface area contributed by atoms with Gasteiger partial charge in [0.05, 0.1) is 5.60 Å². The second-order valence-electron chi connectivity index (χ2n) is 2.20. The van der Waals surface area contributed by atoms with E-state index in [0.717, 1.165) is 0 Å². The molecule has 0 bridgehead atoms. The van der Waals surface area contributed by atoms with E-state index in [1.807, 2.05) is 0 Å². The minimum absolute atomic E-state index is 0.168. The zero-order chi connectivity index (χ0) is 5.33. The highest BCUT2D eigenvalue weighted by molar-refractivity contribution is 6.17. The molecule has 1 rings (SSSR count). The molecule has 1 saturated carbocycles. The molecule has 0 aromatic heterocycles. The quantitative estimate of drug-likeness (QED) is 0.505. The highest BCUT2D eigenvalue weighted by Gasteiger charge is 2.38. The SMILES string of the molecule is CC1(OCCl)CC1. The van der Waals surface area contributed by atoms with E-state index in [4.69, 9.17) is 16.3 Å². The summed E-state index contributed by atoms with van der Waals surface area (Å²) < 4.78 is 5.11. The molecule has 0 aromatic carbocycles. The van der Waals surface area contributed by atoms with Crippen molar-refractivity contribution in [2.75, 3.05) is 6.07 Å². The van der Waals surface area contributed by atoms with Crippen molar-refractivity contribution < 1.29 is 4.74 Å². The Kier molecular flexibility index (Phi) is 1.26. The maximum absolute atomic E-state index is 5.30. The van der Waals surface area contributed by atoms with E-state index in [1.54, 1.807) is 0 Å².